The fourth-order valence-corrected chi connectivity index (χ4v) is 6.34. The van der Waals surface area contributed by atoms with Gasteiger partial charge in [-0.05, 0) is 59.1 Å². The molecule has 1 aliphatic rings. The average molecular weight is 373 g/mol. The van der Waals surface area contributed by atoms with Crippen LogP contribution in [0.15, 0.2) is 32.9 Å². The minimum atomic E-state index is -3.50. The van der Waals surface area contributed by atoms with Gasteiger partial charge in [0.25, 0.3) is 10.0 Å². The lowest BCUT2D eigenvalue weighted by Gasteiger charge is -2.19. The Morgan fingerprint density at radius 1 is 1.35 bits per heavy atom. The van der Waals surface area contributed by atoms with Crippen LogP contribution in [0.25, 0.3) is 0 Å². The molecule has 0 spiro atoms. The highest BCUT2D eigenvalue weighted by molar-refractivity contribution is 9.11. The van der Waals surface area contributed by atoms with Gasteiger partial charge in [-0.25, -0.2) is 8.42 Å². The van der Waals surface area contributed by atoms with Crippen LogP contribution in [0.3, 0.4) is 0 Å². The summed E-state index contributed by atoms with van der Waals surface area (Å²) in [5, 5.41) is 0. The van der Waals surface area contributed by atoms with E-state index in [1.54, 1.807) is 18.2 Å². The van der Waals surface area contributed by atoms with E-state index in [0.29, 0.717) is 23.5 Å². The molecule has 3 rings (SSSR count). The van der Waals surface area contributed by atoms with E-state index in [2.05, 4.69) is 15.9 Å². The predicted octanol–water partition coefficient (Wildman–Crippen LogP) is 3.15. The number of hydrogen-bond acceptors (Lipinski definition) is 4. The van der Waals surface area contributed by atoms with Gasteiger partial charge >= 0.3 is 0 Å². The number of fused-ring (bicyclic) bond motifs is 1. The highest BCUT2D eigenvalue weighted by Gasteiger charge is 2.32. The van der Waals surface area contributed by atoms with Crippen LogP contribution in [0.4, 0.5) is 11.4 Å². The summed E-state index contributed by atoms with van der Waals surface area (Å²) in [6, 6.07) is 7.04. The van der Waals surface area contributed by atoms with Gasteiger partial charge in [0, 0.05) is 17.1 Å². The lowest BCUT2D eigenvalue weighted by molar-refractivity contribution is 0.592. The highest BCUT2D eigenvalue weighted by atomic mass is 79.9. The van der Waals surface area contributed by atoms with Crippen molar-refractivity contribution < 1.29 is 8.42 Å². The van der Waals surface area contributed by atoms with Gasteiger partial charge in [-0.3, -0.25) is 4.31 Å². The number of thiophene rings is 1. The molecule has 2 heterocycles. The maximum absolute atomic E-state index is 12.8. The molecule has 1 aromatic heterocycles. The van der Waals surface area contributed by atoms with Gasteiger partial charge in [0.2, 0.25) is 0 Å². The average Bonchev–Trinajstić information content (AvgIpc) is 2.92. The summed E-state index contributed by atoms with van der Waals surface area (Å²) in [5.41, 5.74) is 8.14. The Labute approximate surface area is 130 Å². The maximum atomic E-state index is 12.8. The summed E-state index contributed by atoms with van der Waals surface area (Å²) in [7, 11) is -3.50. The molecule has 0 aliphatic carbocycles. The van der Waals surface area contributed by atoms with Crippen molar-refractivity contribution in [1.29, 1.82) is 0 Å². The van der Waals surface area contributed by atoms with Gasteiger partial charge in [0.1, 0.15) is 4.90 Å². The van der Waals surface area contributed by atoms with Crippen molar-refractivity contribution in [2.24, 2.45) is 0 Å². The molecule has 2 N–H and O–H groups in total. The molecule has 1 aromatic carbocycles. The molecule has 0 radical (unpaired) electrons. The van der Waals surface area contributed by atoms with Gasteiger partial charge in [-0.2, -0.15) is 0 Å². The zero-order valence-electron chi connectivity index (χ0n) is 10.8. The Kier molecular flexibility index (Phi) is 3.30. The quantitative estimate of drug-likeness (QED) is 0.823. The highest BCUT2D eigenvalue weighted by Crippen LogP contribution is 2.37. The molecule has 4 nitrogen and oxygen atoms in total. The number of hydrogen-bond donors (Lipinski definition) is 1. The summed E-state index contributed by atoms with van der Waals surface area (Å²) in [5.74, 6) is 0. The fourth-order valence-electron chi connectivity index (χ4n) is 2.45. The normalized spacial score (nSPS) is 14.6. The van der Waals surface area contributed by atoms with Gasteiger partial charge in [-0.15, -0.1) is 11.3 Å². The monoisotopic (exact) mass is 372 g/mol. The molecule has 0 amide bonds. The van der Waals surface area contributed by atoms with Crippen LogP contribution in [0, 0.1) is 6.92 Å². The van der Waals surface area contributed by atoms with Crippen LogP contribution < -0.4 is 10.0 Å². The fraction of sp³-hybridized carbons (Fsp3) is 0.231. The van der Waals surface area contributed by atoms with E-state index in [9.17, 15) is 8.42 Å². The Hall–Kier alpha value is -1.05. The van der Waals surface area contributed by atoms with Crippen molar-refractivity contribution in [3.63, 3.8) is 0 Å². The van der Waals surface area contributed by atoms with Crippen LogP contribution in [0.5, 0.6) is 0 Å². The topological polar surface area (TPSA) is 63.4 Å². The zero-order chi connectivity index (χ0) is 14.5. The van der Waals surface area contributed by atoms with E-state index in [1.807, 2.05) is 13.0 Å². The number of aryl methyl sites for hydroxylation is 1. The number of anilines is 2. The van der Waals surface area contributed by atoms with E-state index >= 15 is 0 Å². The molecule has 2 aromatic rings. The van der Waals surface area contributed by atoms with Crippen molar-refractivity contribution in [2.45, 2.75) is 18.2 Å². The number of sulfonamides is 1. The first kappa shape index (κ1) is 13.9. The van der Waals surface area contributed by atoms with Crippen LogP contribution in [0.2, 0.25) is 0 Å². The second kappa shape index (κ2) is 4.75. The molecule has 0 saturated carbocycles. The molecular weight excluding hydrogens is 360 g/mol. The lowest BCUT2D eigenvalue weighted by atomic mass is 10.1. The number of nitrogen functional groups attached to an aromatic ring is 1. The van der Waals surface area contributed by atoms with Crippen LogP contribution in [0.1, 0.15) is 10.4 Å². The Morgan fingerprint density at radius 3 is 2.75 bits per heavy atom. The number of rotatable bonds is 2. The van der Waals surface area contributed by atoms with Crippen molar-refractivity contribution >= 4 is 48.7 Å². The molecule has 7 heteroatoms. The SMILES string of the molecule is Cc1sc(Br)cc1S(=O)(=O)N1CCc2cc(N)ccc21. The second-order valence-electron chi connectivity index (χ2n) is 4.69. The van der Waals surface area contributed by atoms with Gasteiger partial charge < -0.3 is 5.73 Å². The van der Waals surface area contributed by atoms with E-state index in [4.69, 9.17) is 5.73 Å². The first-order chi connectivity index (χ1) is 9.39. The van der Waals surface area contributed by atoms with Crippen molar-refractivity contribution in [3.05, 3.63) is 38.5 Å². The largest absolute Gasteiger partial charge is 0.399 e. The van der Waals surface area contributed by atoms with E-state index < -0.39 is 10.0 Å². The maximum Gasteiger partial charge on any atom is 0.265 e. The Bertz CT molecular complexity index is 784. The van der Waals surface area contributed by atoms with Crippen molar-refractivity contribution in [2.75, 3.05) is 16.6 Å². The summed E-state index contributed by atoms with van der Waals surface area (Å²) < 4.78 is 27.9. The lowest BCUT2D eigenvalue weighted by Crippen LogP contribution is -2.29. The molecule has 106 valence electrons. The molecule has 20 heavy (non-hydrogen) atoms. The first-order valence-corrected chi connectivity index (χ1v) is 9.11. The third-order valence-electron chi connectivity index (χ3n) is 3.37. The van der Waals surface area contributed by atoms with Crippen molar-refractivity contribution in [3.8, 4) is 0 Å². The number of nitrogens with two attached hydrogens (primary N) is 1. The number of halogens is 1. The molecule has 1 aliphatic heterocycles. The number of benzene rings is 1. The van der Waals surface area contributed by atoms with Crippen LogP contribution >= 0.6 is 27.3 Å². The second-order valence-corrected chi connectivity index (χ2v) is 9.15. The Morgan fingerprint density at radius 2 is 2.10 bits per heavy atom. The van der Waals surface area contributed by atoms with Gasteiger partial charge in [0.15, 0.2) is 0 Å². The van der Waals surface area contributed by atoms with Crippen molar-refractivity contribution in [1.82, 2.24) is 0 Å². The molecule has 0 atom stereocenters. The third kappa shape index (κ3) is 2.13. The van der Waals surface area contributed by atoms with E-state index in [0.717, 1.165) is 19.9 Å². The molecule has 0 saturated heterocycles. The summed E-state index contributed by atoms with van der Waals surface area (Å²) in [6.45, 7) is 2.29. The Balaban J connectivity index is 2.09. The molecule has 0 fully saturated rings. The molecule has 0 unspecified atom stereocenters. The minimum Gasteiger partial charge on any atom is -0.399 e. The van der Waals surface area contributed by atoms with E-state index in [1.165, 1.54) is 15.6 Å². The smallest absolute Gasteiger partial charge is 0.265 e. The molecular formula is C13H13BrN2O2S2. The number of nitrogens with zero attached hydrogens (tertiary/aromatic N) is 1. The first-order valence-electron chi connectivity index (χ1n) is 6.06. The van der Waals surface area contributed by atoms with Gasteiger partial charge in [-0.1, -0.05) is 0 Å². The molecule has 0 bridgehead atoms. The standard InChI is InChI=1S/C13H13BrN2O2S2/c1-8-12(7-13(14)19-8)20(17,18)16-5-4-9-6-10(15)2-3-11(9)16/h2-3,6-7H,4-5,15H2,1H3. The minimum absolute atomic E-state index is 0.374. The van der Waals surface area contributed by atoms with Crippen LogP contribution in [-0.4, -0.2) is 15.0 Å². The van der Waals surface area contributed by atoms with E-state index in [-0.39, 0.29) is 0 Å². The predicted molar refractivity (Wildman–Crippen MR) is 85.8 cm³/mol. The summed E-state index contributed by atoms with van der Waals surface area (Å²) in [6.07, 6.45) is 0.698. The van der Waals surface area contributed by atoms with Gasteiger partial charge in [0.05, 0.1) is 9.47 Å². The summed E-state index contributed by atoms with van der Waals surface area (Å²) in [4.78, 5) is 1.17. The zero-order valence-corrected chi connectivity index (χ0v) is 14.0. The van der Waals surface area contributed by atoms with Crippen LogP contribution in [-0.2, 0) is 16.4 Å². The third-order valence-corrected chi connectivity index (χ3v) is 6.99. The summed E-state index contributed by atoms with van der Waals surface area (Å²) >= 11 is 4.77.